The van der Waals surface area contributed by atoms with Gasteiger partial charge in [0.1, 0.15) is 0 Å². The van der Waals surface area contributed by atoms with Gasteiger partial charge in [0.2, 0.25) is 0 Å². The van der Waals surface area contributed by atoms with Crippen molar-refractivity contribution in [3.63, 3.8) is 0 Å². The van der Waals surface area contributed by atoms with Gasteiger partial charge >= 0.3 is 5.97 Å². The van der Waals surface area contributed by atoms with Crippen molar-refractivity contribution < 1.29 is 14.4 Å². The molecule has 0 bridgehead atoms. The van der Waals surface area contributed by atoms with Gasteiger partial charge in [-0.1, -0.05) is 19.3 Å². The van der Waals surface area contributed by atoms with Gasteiger partial charge in [0.15, 0.2) is 0 Å². The van der Waals surface area contributed by atoms with Gasteiger partial charge in [0.05, 0.1) is 19.6 Å². The summed E-state index contributed by atoms with van der Waals surface area (Å²) in [4.78, 5) is 16.0. The van der Waals surface area contributed by atoms with Gasteiger partial charge in [0.25, 0.3) is 0 Å². The van der Waals surface area contributed by atoms with E-state index in [0.717, 1.165) is 12.8 Å². The van der Waals surface area contributed by atoms with Crippen LogP contribution in [0.3, 0.4) is 0 Å². The van der Waals surface area contributed by atoms with Crippen LogP contribution in [-0.4, -0.2) is 19.7 Å². The highest BCUT2D eigenvalue weighted by Crippen LogP contribution is 2.30. The van der Waals surface area contributed by atoms with Crippen molar-refractivity contribution in [3.05, 3.63) is 0 Å². The first-order valence-electron chi connectivity index (χ1n) is 5.19. The highest BCUT2D eigenvalue weighted by molar-refractivity contribution is 5.72. The third-order valence-corrected chi connectivity index (χ3v) is 3.00. The molecule has 2 N–H and O–H groups in total. The third-order valence-electron chi connectivity index (χ3n) is 3.00. The molecule has 0 amide bonds. The van der Waals surface area contributed by atoms with Crippen molar-refractivity contribution in [1.29, 1.82) is 0 Å². The predicted octanol–water partition coefficient (Wildman–Crippen LogP) is 1.25. The quantitative estimate of drug-likeness (QED) is 0.549. The minimum absolute atomic E-state index is 0.176. The monoisotopic (exact) mass is 201 g/mol. The zero-order chi connectivity index (χ0) is 10.4. The number of nitrogens with two attached hydrogens (primary N) is 1. The Morgan fingerprint density at radius 2 is 2.07 bits per heavy atom. The van der Waals surface area contributed by atoms with Crippen LogP contribution in [0.2, 0.25) is 0 Å². The number of esters is 1. The van der Waals surface area contributed by atoms with E-state index >= 15 is 0 Å². The lowest BCUT2D eigenvalue weighted by Crippen LogP contribution is -2.31. The molecule has 1 rings (SSSR count). The van der Waals surface area contributed by atoms with Crippen LogP contribution in [-0.2, 0) is 14.4 Å². The van der Waals surface area contributed by atoms with Crippen LogP contribution >= 0.6 is 0 Å². The van der Waals surface area contributed by atoms with E-state index in [1.54, 1.807) is 0 Å². The maximum atomic E-state index is 11.4. The normalized spacial score (nSPS) is 20.4. The first-order valence-corrected chi connectivity index (χ1v) is 5.19. The molecule has 1 atom stereocenters. The van der Waals surface area contributed by atoms with Crippen LogP contribution in [0.25, 0.3) is 0 Å². The molecule has 0 saturated heterocycles. The summed E-state index contributed by atoms with van der Waals surface area (Å²) in [6.45, 7) is 0.275. The maximum absolute atomic E-state index is 11.4. The van der Waals surface area contributed by atoms with Crippen molar-refractivity contribution in [1.82, 2.24) is 0 Å². The summed E-state index contributed by atoms with van der Waals surface area (Å²) >= 11 is 0. The van der Waals surface area contributed by atoms with Crippen molar-refractivity contribution >= 4 is 5.97 Å². The Morgan fingerprint density at radius 3 is 2.57 bits per heavy atom. The minimum atomic E-state index is -0.192. The van der Waals surface area contributed by atoms with Crippen LogP contribution in [0.5, 0.6) is 0 Å². The molecule has 4 heteroatoms. The molecule has 0 spiro atoms. The van der Waals surface area contributed by atoms with Gasteiger partial charge in [0, 0.05) is 0 Å². The summed E-state index contributed by atoms with van der Waals surface area (Å²) in [6, 6.07) is 0. The summed E-state index contributed by atoms with van der Waals surface area (Å²) in [5.41, 5.74) is 0. The third kappa shape index (κ3) is 2.96. The predicted molar refractivity (Wildman–Crippen MR) is 52.2 cm³/mol. The van der Waals surface area contributed by atoms with E-state index in [2.05, 4.69) is 4.84 Å². The zero-order valence-electron chi connectivity index (χ0n) is 8.70. The van der Waals surface area contributed by atoms with E-state index in [1.165, 1.54) is 26.4 Å². The molecule has 0 aromatic carbocycles. The van der Waals surface area contributed by atoms with Gasteiger partial charge in [-0.3, -0.25) is 4.79 Å². The minimum Gasteiger partial charge on any atom is -0.469 e. The Kier molecular flexibility index (Phi) is 4.90. The summed E-state index contributed by atoms with van der Waals surface area (Å²) in [5, 5.41) is 0. The van der Waals surface area contributed by atoms with Crippen LogP contribution in [0.1, 0.15) is 32.1 Å². The number of carbonyl (C=O) groups excluding carboxylic acids is 1. The Balaban J connectivity index is 2.50. The fourth-order valence-electron chi connectivity index (χ4n) is 2.19. The average Bonchev–Trinajstić information content (AvgIpc) is 2.26. The molecule has 0 radical (unpaired) electrons. The molecule has 1 fully saturated rings. The average molecular weight is 201 g/mol. The summed E-state index contributed by atoms with van der Waals surface area (Å²) in [7, 11) is 1.41. The molecular formula is C10H19NO3. The van der Waals surface area contributed by atoms with E-state index in [9.17, 15) is 4.79 Å². The molecule has 4 nitrogen and oxygen atoms in total. The zero-order valence-corrected chi connectivity index (χ0v) is 8.70. The van der Waals surface area contributed by atoms with Crippen LogP contribution in [0.4, 0.5) is 0 Å². The Hall–Kier alpha value is -0.610. The van der Waals surface area contributed by atoms with Crippen LogP contribution < -0.4 is 5.90 Å². The lowest BCUT2D eigenvalue weighted by atomic mass is 9.80. The summed E-state index contributed by atoms with van der Waals surface area (Å²) in [5.74, 6) is 5.04. The lowest BCUT2D eigenvalue weighted by Gasteiger charge is -2.27. The molecule has 0 aliphatic heterocycles. The highest BCUT2D eigenvalue weighted by Gasteiger charge is 2.30. The molecule has 1 aliphatic rings. The standard InChI is InChI=1S/C10H19NO3/c1-13-10(12)9(7-14-11)8-5-3-2-4-6-8/h8-9H,2-7,11H2,1H3. The summed E-state index contributed by atoms with van der Waals surface area (Å²) in [6.07, 6.45) is 5.84. The molecule has 1 aliphatic carbocycles. The van der Waals surface area contributed by atoms with E-state index in [-0.39, 0.29) is 18.5 Å². The molecular weight excluding hydrogens is 182 g/mol. The second-order valence-corrected chi connectivity index (χ2v) is 3.86. The second-order valence-electron chi connectivity index (χ2n) is 3.86. The Labute approximate surface area is 84.7 Å². The molecule has 14 heavy (non-hydrogen) atoms. The van der Waals surface area contributed by atoms with E-state index in [1.807, 2.05) is 0 Å². The molecule has 1 unspecified atom stereocenters. The number of hydrogen-bond donors (Lipinski definition) is 1. The molecule has 0 heterocycles. The topological polar surface area (TPSA) is 61.5 Å². The van der Waals surface area contributed by atoms with Crippen molar-refractivity contribution in [2.75, 3.05) is 13.7 Å². The second kappa shape index (κ2) is 5.98. The molecule has 0 aromatic heterocycles. The highest BCUT2D eigenvalue weighted by atomic mass is 16.6. The SMILES string of the molecule is COC(=O)C(CON)C1CCCCC1. The van der Waals surface area contributed by atoms with Gasteiger partial charge in [-0.05, 0) is 18.8 Å². The van der Waals surface area contributed by atoms with Crippen molar-refractivity contribution in [3.8, 4) is 0 Å². The Bertz CT molecular complexity index is 178. The fraction of sp³-hybridized carbons (Fsp3) is 0.900. The van der Waals surface area contributed by atoms with Crippen LogP contribution in [0, 0.1) is 11.8 Å². The van der Waals surface area contributed by atoms with Gasteiger partial charge in [-0.2, -0.15) is 0 Å². The largest absolute Gasteiger partial charge is 0.469 e. The number of hydrogen-bond acceptors (Lipinski definition) is 4. The smallest absolute Gasteiger partial charge is 0.311 e. The van der Waals surface area contributed by atoms with Crippen molar-refractivity contribution in [2.45, 2.75) is 32.1 Å². The number of rotatable bonds is 4. The number of methoxy groups -OCH3 is 1. The first kappa shape index (κ1) is 11.5. The Morgan fingerprint density at radius 1 is 1.43 bits per heavy atom. The van der Waals surface area contributed by atoms with Gasteiger partial charge in [-0.15, -0.1) is 0 Å². The van der Waals surface area contributed by atoms with Crippen LogP contribution in [0.15, 0.2) is 0 Å². The van der Waals surface area contributed by atoms with Gasteiger partial charge < -0.3 is 9.57 Å². The molecule has 0 aromatic rings. The maximum Gasteiger partial charge on any atom is 0.311 e. The lowest BCUT2D eigenvalue weighted by molar-refractivity contribution is -0.150. The van der Waals surface area contributed by atoms with Gasteiger partial charge in [-0.25, -0.2) is 5.90 Å². The number of carbonyl (C=O) groups is 1. The summed E-state index contributed by atoms with van der Waals surface area (Å²) < 4.78 is 4.74. The van der Waals surface area contributed by atoms with E-state index in [4.69, 9.17) is 10.6 Å². The molecule has 82 valence electrons. The molecule has 1 saturated carbocycles. The van der Waals surface area contributed by atoms with Crippen molar-refractivity contribution in [2.24, 2.45) is 17.7 Å². The fourth-order valence-corrected chi connectivity index (χ4v) is 2.19. The van der Waals surface area contributed by atoms with E-state index in [0.29, 0.717) is 5.92 Å². The first-order chi connectivity index (χ1) is 6.79. The van der Waals surface area contributed by atoms with E-state index < -0.39 is 0 Å². The number of ether oxygens (including phenoxy) is 1.